The number of benzene rings is 3. The van der Waals surface area contributed by atoms with Crippen LogP contribution in [-0.4, -0.2) is 30.8 Å². The van der Waals surface area contributed by atoms with Crippen molar-refractivity contribution in [3.05, 3.63) is 102 Å². The Kier molecular flexibility index (Phi) is 5.92. The van der Waals surface area contributed by atoms with Crippen molar-refractivity contribution in [2.75, 3.05) is 7.11 Å². The molecule has 0 aliphatic carbocycles. The normalized spacial score (nSPS) is 17.8. The van der Waals surface area contributed by atoms with E-state index in [2.05, 4.69) is 36.4 Å². The van der Waals surface area contributed by atoms with Gasteiger partial charge in [0.15, 0.2) is 6.10 Å². The second kappa shape index (κ2) is 8.79. The van der Waals surface area contributed by atoms with Gasteiger partial charge in [-0.3, -0.25) is 4.79 Å². The fourth-order valence-corrected chi connectivity index (χ4v) is 7.71. The lowest BCUT2D eigenvalue weighted by atomic mass is 10.1. The molecule has 1 aliphatic rings. The summed E-state index contributed by atoms with van der Waals surface area (Å²) in [6, 6.07) is 30.4. The Balaban J connectivity index is 2.15. The zero-order valence-corrected chi connectivity index (χ0v) is 18.3. The average Bonchev–Trinajstić information content (AvgIpc) is 3.08. The largest absolute Gasteiger partial charge is 0.496 e. The summed E-state index contributed by atoms with van der Waals surface area (Å²) in [6.45, 7) is -0.841. The van der Waals surface area contributed by atoms with Crippen LogP contribution in [-0.2, 0) is 19.1 Å². The molecule has 1 saturated heterocycles. The van der Waals surface area contributed by atoms with Gasteiger partial charge in [0, 0.05) is 0 Å². The van der Waals surface area contributed by atoms with Gasteiger partial charge < -0.3 is 9.47 Å². The van der Waals surface area contributed by atoms with Crippen molar-refractivity contribution >= 4 is 40.3 Å². The van der Waals surface area contributed by atoms with Crippen molar-refractivity contribution in [3.63, 3.8) is 0 Å². The van der Waals surface area contributed by atoms with Gasteiger partial charge in [0.25, 0.3) is 0 Å². The number of carbonyl (C=O) groups is 2. The molecule has 3 aromatic carbocycles. The van der Waals surface area contributed by atoms with Crippen LogP contribution >= 0.6 is 6.89 Å². The van der Waals surface area contributed by atoms with Crippen LogP contribution in [0.3, 0.4) is 0 Å². The number of ether oxygens (including phenoxy) is 2. The summed E-state index contributed by atoms with van der Waals surface area (Å²) >= 11 is 0. The Morgan fingerprint density at radius 3 is 1.55 bits per heavy atom. The molecule has 0 spiro atoms. The van der Waals surface area contributed by atoms with Gasteiger partial charge in [-0.05, 0) is 35.5 Å². The molecule has 0 unspecified atom stereocenters. The molecule has 5 heteroatoms. The number of ketones is 1. The predicted octanol–water partition coefficient (Wildman–Crippen LogP) is 3.20. The average molecular weight is 430 g/mol. The minimum absolute atomic E-state index is 0.0258. The molecule has 4 nitrogen and oxygen atoms in total. The van der Waals surface area contributed by atoms with Gasteiger partial charge in [0.2, 0.25) is 5.78 Å². The van der Waals surface area contributed by atoms with E-state index in [4.69, 9.17) is 9.47 Å². The number of esters is 1. The maximum absolute atomic E-state index is 12.7. The molecule has 31 heavy (non-hydrogen) atoms. The third-order valence-corrected chi connectivity index (χ3v) is 9.33. The van der Waals surface area contributed by atoms with E-state index < -0.39 is 19.0 Å². The predicted molar refractivity (Wildman–Crippen MR) is 126 cm³/mol. The molecule has 1 heterocycles. The first-order valence-corrected chi connectivity index (χ1v) is 11.9. The maximum Gasteiger partial charge on any atom is 0.346 e. The first kappa shape index (κ1) is 20.9. The van der Waals surface area contributed by atoms with Crippen molar-refractivity contribution in [2.45, 2.75) is 13.0 Å². The Hall–Kier alpha value is -3.36. The van der Waals surface area contributed by atoms with E-state index in [1.807, 2.05) is 60.4 Å². The molecule has 1 atom stereocenters. The van der Waals surface area contributed by atoms with Crippen LogP contribution in [0.2, 0.25) is 0 Å². The highest BCUT2D eigenvalue weighted by atomic mass is 31.2. The molecule has 0 N–H and O–H groups in total. The number of Topliss-reactive ketones (excluding diaryl/α,β-unsaturated/α-hetero) is 1. The van der Waals surface area contributed by atoms with Gasteiger partial charge in [-0.25, -0.2) is 4.79 Å². The third-order valence-electron chi connectivity index (χ3n) is 5.37. The lowest BCUT2D eigenvalue weighted by Crippen LogP contribution is -2.28. The van der Waals surface area contributed by atoms with Crippen LogP contribution < -0.4 is 15.9 Å². The molecule has 0 bridgehead atoms. The Labute approximate surface area is 182 Å². The lowest BCUT2D eigenvalue weighted by Gasteiger charge is -2.29. The fourth-order valence-electron chi connectivity index (χ4n) is 3.85. The molecular formula is C26H23O4P. The smallest absolute Gasteiger partial charge is 0.346 e. The molecule has 0 radical (unpaired) electrons. The summed E-state index contributed by atoms with van der Waals surface area (Å²) < 4.78 is 10.8. The van der Waals surface area contributed by atoms with Crippen molar-refractivity contribution in [1.82, 2.24) is 0 Å². The number of hydrogen-bond donors (Lipinski definition) is 0. The number of methoxy groups -OCH3 is 1. The Morgan fingerprint density at radius 1 is 0.806 bits per heavy atom. The molecule has 1 aliphatic heterocycles. The van der Waals surface area contributed by atoms with Crippen LogP contribution in [0.1, 0.15) is 6.92 Å². The van der Waals surface area contributed by atoms with Crippen LogP contribution in [0.5, 0.6) is 0 Å². The highest BCUT2D eigenvalue weighted by molar-refractivity contribution is 7.94. The first-order chi connectivity index (χ1) is 15.1. The van der Waals surface area contributed by atoms with Crippen LogP contribution in [0.4, 0.5) is 0 Å². The Bertz CT molecular complexity index is 1080. The quantitative estimate of drug-likeness (QED) is 0.205. The SMILES string of the molecule is CO/C(C=P(c1ccccc1)(c1ccccc1)c1ccccc1)=C1\C(=O)O[C@@H](C)C1=O. The second-order valence-electron chi connectivity index (χ2n) is 7.21. The van der Waals surface area contributed by atoms with Crippen molar-refractivity contribution < 1.29 is 19.1 Å². The molecule has 1 fully saturated rings. The zero-order chi connectivity index (χ0) is 21.8. The fraction of sp³-hybridized carbons (Fsp3) is 0.115. The standard InChI is InChI=1S/C26H23O4P/c1-19-25(27)24(26(28)30-19)23(29-2)18-31(20-12-6-3-7-13-20,21-14-8-4-9-15-21)22-16-10-5-11-17-22/h3-19H,1-2H3/b24-23-/t19-/m0/s1. The molecular weight excluding hydrogens is 407 g/mol. The molecule has 0 aromatic heterocycles. The summed E-state index contributed by atoms with van der Waals surface area (Å²) in [6.07, 6.45) is -0.807. The molecule has 4 rings (SSSR count). The van der Waals surface area contributed by atoms with Crippen LogP contribution in [0, 0.1) is 0 Å². The van der Waals surface area contributed by atoms with E-state index in [1.54, 1.807) is 6.92 Å². The van der Waals surface area contributed by atoms with Gasteiger partial charge in [0.1, 0.15) is 11.3 Å². The summed E-state index contributed by atoms with van der Waals surface area (Å²) in [5, 5.41) is 3.28. The topological polar surface area (TPSA) is 52.6 Å². The molecule has 3 aromatic rings. The monoisotopic (exact) mass is 430 g/mol. The first-order valence-electron chi connectivity index (χ1n) is 10.0. The molecule has 156 valence electrons. The number of hydrogen-bond acceptors (Lipinski definition) is 4. The minimum Gasteiger partial charge on any atom is -0.496 e. The van der Waals surface area contributed by atoms with Crippen LogP contribution in [0.15, 0.2) is 102 Å². The highest BCUT2D eigenvalue weighted by Crippen LogP contribution is 2.45. The molecule has 0 saturated carbocycles. The molecule has 0 amide bonds. The van der Waals surface area contributed by atoms with E-state index in [9.17, 15) is 9.59 Å². The number of allylic oxidation sites excluding steroid dienone is 1. The van der Waals surface area contributed by atoms with Crippen molar-refractivity contribution in [2.24, 2.45) is 0 Å². The van der Waals surface area contributed by atoms with Crippen molar-refractivity contribution in [1.29, 1.82) is 0 Å². The summed E-state index contributed by atoms with van der Waals surface area (Å²) in [4.78, 5) is 25.2. The third kappa shape index (κ3) is 3.75. The number of rotatable bonds is 5. The zero-order valence-electron chi connectivity index (χ0n) is 17.4. The van der Waals surface area contributed by atoms with E-state index in [0.29, 0.717) is 0 Å². The van der Waals surface area contributed by atoms with Gasteiger partial charge in [-0.2, -0.15) is 0 Å². The van der Waals surface area contributed by atoms with Crippen LogP contribution in [0.25, 0.3) is 0 Å². The lowest BCUT2D eigenvalue weighted by molar-refractivity contribution is -0.140. The van der Waals surface area contributed by atoms with E-state index in [1.165, 1.54) is 7.11 Å². The van der Waals surface area contributed by atoms with Gasteiger partial charge in [-0.15, -0.1) is 0 Å². The summed E-state index contributed by atoms with van der Waals surface area (Å²) in [7, 11) is 1.48. The summed E-state index contributed by atoms with van der Waals surface area (Å²) in [5.41, 5.74) is -0.0258. The van der Waals surface area contributed by atoms with E-state index in [0.717, 1.165) is 15.9 Å². The van der Waals surface area contributed by atoms with Gasteiger partial charge in [-0.1, -0.05) is 91.0 Å². The van der Waals surface area contributed by atoms with Gasteiger partial charge in [0.05, 0.1) is 7.11 Å². The number of carbonyl (C=O) groups excluding carboxylic acids is 2. The minimum atomic E-state index is -2.42. The van der Waals surface area contributed by atoms with E-state index in [-0.39, 0.29) is 17.1 Å². The Morgan fingerprint density at radius 2 is 1.23 bits per heavy atom. The maximum atomic E-state index is 12.7. The number of cyclic esters (lactones) is 1. The highest BCUT2D eigenvalue weighted by Gasteiger charge is 2.39. The van der Waals surface area contributed by atoms with Crippen molar-refractivity contribution in [3.8, 4) is 0 Å². The van der Waals surface area contributed by atoms with Gasteiger partial charge >= 0.3 is 5.97 Å². The summed E-state index contributed by atoms with van der Waals surface area (Å²) in [5.74, 6) is 1.23. The second-order valence-corrected chi connectivity index (χ2v) is 10.5. The van der Waals surface area contributed by atoms with E-state index >= 15 is 0 Å².